The SMILES string of the molecule is c1ccc(-c2c(-c3c4ccccc4c(-c4ccc(-c5ccccc5)c5oc6c7ccccc7ccc6c45)c4ccccc34)ccc3ccccc23)cc1. The van der Waals surface area contributed by atoms with Crippen LogP contribution in [0.1, 0.15) is 0 Å². The molecule has 1 heteroatoms. The third kappa shape index (κ3) is 4.51. The molecule has 0 bridgehead atoms. The van der Waals surface area contributed by atoms with E-state index in [4.69, 9.17) is 4.42 Å². The van der Waals surface area contributed by atoms with E-state index >= 15 is 0 Å². The van der Waals surface area contributed by atoms with Crippen LogP contribution in [0.25, 0.3) is 110 Å². The molecule has 0 saturated heterocycles. The highest BCUT2D eigenvalue weighted by Gasteiger charge is 2.24. The van der Waals surface area contributed by atoms with Crippen LogP contribution >= 0.6 is 0 Å². The van der Waals surface area contributed by atoms with E-state index in [0.29, 0.717) is 0 Å². The van der Waals surface area contributed by atoms with Crippen molar-refractivity contribution in [3.8, 4) is 44.5 Å². The molecule has 0 atom stereocenters. The molecule has 0 saturated carbocycles. The normalized spacial score (nSPS) is 11.8. The molecule has 53 heavy (non-hydrogen) atoms. The molecule has 10 aromatic carbocycles. The molecule has 11 rings (SSSR count). The Morgan fingerprint density at radius 1 is 0.245 bits per heavy atom. The predicted octanol–water partition coefficient (Wildman–Crippen LogP) is 14.9. The Bertz CT molecular complexity index is 3150. The van der Waals surface area contributed by atoms with Crippen molar-refractivity contribution < 1.29 is 4.42 Å². The van der Waals surface area contributed by atoms with E-state index in [0.717, 1.165) is 38.5 Å². The van der Waals surface area contributed by atoms with Gasteiger partial charge in [0.25, 0.3) is 0 Å². The molecule has 0 unspecified atom stereocenters. The monoisotopic (exact) mass is 672 g/mol. The number of hydrogen-bond acceptors (Lipinski definition) is 1. The van der Waals surface area contributed by atoms with E-state index in [1.165, 1.54) is 71.1 Å². The standard InChI is InChI=1S/C52H32O/c1-3-15-33(16-4-1)39-31-32-45(50-46-30-28-35-18-8-10-22-38(35)51(46)53-52(39)50)49-42-25-13-11-23-40(42)48(41-24-12-14-26-43(41)49)44-29-27-34-17-7-9-21-37(34)47(44)36-19-5-2-6-20-36/h1-32H. The third-order valence-electron chi connectivity index (χ3n) is 11.1. The van der Waals surface area contributed by atoms with E-state index in [9.17, 15) is 0 Å². The van der Waals surface area contributed by atoms with Crippen LogP contribution < -0.4 is 0 Å². The zero-order valence-electron chi connectivity index (χ0n) is 28.9. The van der Waals surface area contributed by atoms with Crippen molar-refractivity contribution in [3.05, 3.63) is 194 Å². The molecule has 246 valence electrons. The third-order valence-corrected chi connectivity index (χ3v) is 11.1. The van der Waals surface area contributed by atoms with Crippen molar-refractivity contribution >= 4 is 65.0 Å². The van der Waals surface area contributed by atoms with Gasteiger partial charge < -0.3 is 4.42 Å². The first kappa shape index (κ1) is 29.7. The Balaban J connectivity index is 1.30. The zero-order valence-corrected chi connectivity index (χ0v) is 28.9. The fourth-order valence-corrected chi connectivity index (χ4v) is 8.77. The van der Waals surface area contributed by atoms with Crippen molar-refractivity contribution in [2.75, 3.05) is 0 Å². The molecular formula is C52H32O. The molecule has 11 aromatic rings. The summed E-state index contributed by atoms with van der Waals surface area (Å²) in [5, 5.41) is 12.0. The minimum atomic E-state index is 0.915. The lowest BCUT2D eigenvalue weighted by atomic mass is 9.81. The van der Waals surface area contributed by atoms with E-state index in [-0.39, 0.29) is 0 Å². The Kier molecular flexibility index (Phi) is 6.62. The van der Waals surface area contributed by atoms with Crippen LogP contribution in [-0.2, 0) is 0 Å². The Morgan fingerprint density at radius 3 is 1.34 bits per heavy atom. The van der Waals surface area contributed by atoms with E-state index in [1.807, 2.05) is 0 Å². The summed E-state index contributed by atoms with van der Waals surface area (Å²) in [6, 6.07) is 70.4. The fourth-order valence-electron chi connectivity index (χ4n) is 8.77. The van der Waals surface area contributed by atoms with Crippen LogP contribution in [0, 0.1) is 0 Å². The lowest BCUT2D eigenvalue weighted by Crippen LogP contribution is -1.94. The van der Waals surface area contributed by atoms with Gasteiger partial charge in [-0.05, 0) is 88.8 Å². The van der Waals surface area contributed by atoms with Crippen LogP contribution in [0.15, 0.2) is 199 Å². The van der Waals surface area contributed by atoms with E-state index < -0.39 is 0 Å². The smallest absolute Gasteiger partial charge is 0.143 e. The van der Waals surface area contributed by atoms with Crippen LogP contribution in [0.3, 0.4) is 0 Å². The van der Waals surface area contributed by atoms with Gasteiger partial charge in [-0.25, -0.2) is 0 Å². The van der Waals surface area contributed by atoms with Gasteiger partial charge in [-0.3, -0.25) is 0 Å². The topological polar surface area (TPSA) is 13.1 Å². The second-order valence-electron chi connectivity index (χ2n) is 13.9. The molecule has 0 radical (unpaired) electrons. The zero-order chi connectivity index (χ0) is 34.9. The van der Waals surface area contributed by atoms with Gasteiger partial charge in [-0.15, -0.1) is 0 Å². The van der Waals surface area contributed by atoms with Crippen molar-refractivity contribution in [3.63, 3.8) is 0 Å². The van der Waals surface area contributed by atoms with Gasteiger partial charge in [0.05, 0.1) is 0 Å². The molecule has 1 nitrogen and oxygen atoms in total. The number of fused-ring (bicyclic) bond motifs is 8. The van der Waals surface area contributed by atoms with Crippen molar-refractivity contribution in [1.82, 2.24) is 0 Å². The molecule has 0 spiro atoms. The summed E-state index contributed by atoms with van der Waals surface area (Å²) in [6.07, 6.45) is 0. The van der Waals surface area contributed by atoms with Gasteiger partial charge in [-0.1, -0.05) is 182 Å². The molecule has 0 aliphatic rings. The molecule has 1 aromatic heterocycles. The first-order valence-electron chi connectivity index (χ1n) is 18.3. The maximum Gasteiger partial charge on any atom is 0.143 e. The average Bonchev–Trinajstić information content (AvgIpc) is 3.63. The Hall–Kier alpha value is -6.96. The van der Waals surface area contributed by atoms with Crippen molar-refractivity contribution in [2.24, 2.45) is 0 Å². The largest absolute Gasteiger partial charge is 0.455 e. The van der Waals surface area contributed by atoms with Crippen molar-refractivity contribution in [1.29, 1.82) is 0 Å². The summed E-state index contributed by atoms with van der Waals surface area (Å²) in [6.45, 7) is 0. The van der Waals surface area contributed by atoms with Crippen molar-refractivity contribution in [2.45, 2.75) is 0 Å². The summed E-state index contributed by atoms with van der Waals surface area (Å²) < 4.78 is 7.04. The lowest BCUT2D eigenvalue weighted by Gasteiger charge is -2.21. The fraction of sp³-hybridized carbons (Fsp3) is 0. The summed E-state index contributed by atoms with van der Waals surface area (Å²) >= 11 is 0. The molecular weight excluding hydrogens is 641 g/mol. The Labute approximate surface area is 307 Å². The molecule has 0 amide bonds. The predicted molar refractivity (Wildman–Crippen MR) is 225 cm³/mol. The van der Waals surface area contributed by atoms with Gasteiger partial charge in [0.1, 0.15) is 11.2 Å². The van der Waals surface area contributed by atoms with Crippen LogP contribution in [0.4, 0.5) is 0 Å². The second kappa shape index (κ2) is 11.8. The van der Waals surface area contributed by atoms with Gasteiger partial charge in [-0.2, -0.15) is 0 Å². The lowest BCUT2D eigenvalue weighted by molar-refractivity contribution is 0.674. The van der Waals surface area contributed by atoms with Gasteiger partial charge >= 0.3 is 0 Å². The minimum Gasteiger partial charge on any atom is -0.455 e. The van der Waals surface area contributed by atoms with Crippen LogP contribution in [-0.4, -0.2) is 0 Å². The Morgan fingerprint density at radius 2 is 0.698 bits per heavy atom. The molecule has 1 heterocycles. The number of furan rings is 1. The van der Waals surface area contributed by atoms with E-state index in [1.54, 1.807) is 0 Å². The number of benzene rings is 10. The first-order chi connectivity index (χ1) is 26.3. The van der Waals surface area contributed by atoms with Crippen LogP contribution in [0.2, 0.25) is 0 Å². The quantitative estimate of drug-likeness (QED) is 0.170. The second-order valence-corrected chi connectivity index (χ2v) is 13.9. The molecule has 0 fully saturated rings. The number of hydrogen-bond donors (Lipinski definition) is 0. The van der Waals surface area contributed by atoms with Crippen LogP contribution in [0.5, 0.6) is 0 Å². The average molecular weight is 673 g/mol. The molecule has 0 aliphatic carbocycles. The summed E-state index contributed by atoms with van der Waals surface area (Å²) in [5.74, 6) is 0. The highest BCUT2D eigenvalue weighted by molar-refractivity contribution is 6.29. The van der Waals surface area contributed by atoms with Gasteiger partial charge in [0.2, 0.25) is 0 Å². The van der Waals surface area contributed by atoms with Gasteiger partial charge in [0.15, 0.2) is 0 Å². The summed E-state index contributed by atoms with van der Waals surface area (Å²) in [5.41, 5.74) is 11.4. The molecule has 0 aliphatic heterocycles. The maximum absolute atomic E-state index is 7.04. The highest BCUT2D eigenvalue weighted by Crippen LogP contribution is 2.51. The highest BCUT2D eigenvalue weighted by atomic mass is 16.3. The maximum atomic E-state index is 7.04. The summed E-state index contributed by atoms with van der Waals surface area (Å²) in [4.78, 5) is 0. The molecule has 0 N–H and O–H groups in total. The van der Waals surface area contributed by atoms with Gasteiger partial charge in [0, 0.05) is 21.7 Å². The van der Waals surface area contributed by atoms with E-state index in [2.05, 4.69) is 194 Å². The number of rotatable bonds is 4. The summed E-state index contributed by atoms with van der Waals surface area (Å²) in [7, 11) is 0. The first-order valence-corrected chi connectivity index (χ1v) is 18.3. The minimum absolute atomic E-state index is 0.915.